The van der Waals surface area contributed by atoms with Gasteiger partial charge in [-0.1, -0.05) is 121 Å². The molecule has 0 aliphatic carbocycles. The van der Waals surface area contributed by atoms with Crippen molar-refractivity contribution in [1.29, 1.82) is 0 Å². The first-order valence-electron chi connectivity index (χ1n) is 16.6. The summed E-state index contributed by atoms with van der Waals surface area (Å²) in [6.07, 6.45) is 0. The third-order valence-corrected chi connectivity index (χ3v) is 9.66. The van der Waals surface area contributed by atoms with Gasteiger partial charge >= 0.3 is 0 Å². The van der Waals surface area contributed by atoms with Crippen LogP contribution in [0, 0.1) is 0 Å². The second kappa shape index (κ2) is 11.0. The first-order chi connectivity index (χ1) is 24.3. The first kappa shape index (κ1) is 27.5. The summed E-state index contributed by atoms with van der Waals surface area (Å²) < 4.78 is 13.2. The van der Waals surface area contributed by atoms with E-state index in [1.807, 2.05) is 12.1 Å². The molecule has 8 aromatic carbocycles. The van der Waals surface area contributed by atoms with Crippen molar-refractivity contribution in [3.8, 4) is 22.3 Å². The van der Waals surface area contributed by atoms with Crippen LogP contribution in [0.15, 0.2) is 185 Å². The van der Waals surface area contributed by atoms with E-state index < -0.39 is 0 Å². The maximum atomic E-state index is 6.76. The van der Waals surface area contributed by atoms with Gasteiger partial charge in [0.2, 0.25) is 0 Å². The first-order valence-corrected chi connectivity index (χ1v) is 16.6. The van der Waals surface area contributed by atoms with Crippen LogP contribution >= 0.6 is 0 Å². The quantitative estimate of drug-likeness (QED) is 0.190. The largest absolute Gasteiger partial charge is 0.456 e. The van der Waals surface area contributed by atoms with Crippen molar-refractivity contribution in [2.75, 3.05) is 4.90 Å². The van der Waals surface area contributed by atoms with Crippen LogP contribution in [-0.2, 0) is 0 Å². The highest BCUT2D eigenvalue weighted by Gasteiger charge is 2.22. The van der Waals surface area contributed by atoms with Gasteiger partial charge < -0.3 is 13.7 Å². The monoisotopic (exact) mass is 627 g/mol. The van der Waals surface area contributed by atoms with E-state index in [4.69, 9.17) is 8.83 Å². The molecule has 0 bridgehead atoms. The fourth-order valence-corrected chi connectivity index (χ4v) is 7.39. The normalized spacial score (nSPS) is 11.7. The molecule has 0 saturated heterocycles. The van der Waals surface area contributed by atoms with E-state index in [0.717, 1.165) is 66.3 Å². The second-order valence-electron chi connectivity index (χ2n) is 12.5. The van der Waals surface area contributed by atoms with Crippen LogP contribution in [-0.4, -0.2) is 0 Å². The van der Waals surface area contributed by atoms with Crippen LogP contribution in [0.3, 0.4) is 0 Å². The van der Waals surface area contributed by atoms with Gasteiger partial charge in [-0.25, -0.2) is 0 Å². The molecule has 0 radical (unpaired) electrons. The molecule has 10 rings (SSSR count). The van der Waals surface area contributed by atoms with Crippen molar-refractivity contribution >= 4 is 71.7 Å². The Morgan fingerprint density at radius 1 is 0.347 bits per heavy atom. The fourth-order valence-electron chi connectivity index (χ4n) is 7.39. The summed E-state index contributed by atoms with van der Waals surface area (Å²) in [7, 11) is 0. The summed E-state index contributed by atoms with van der Waals surface area (Å²) in [5, 5.41) is 6.64. The average Bonchev–Trinajstić information content (AvgIpc) is 3.74. The number of para-hydroxylation sites is 1. The van der Waals surface area contributed by atoms with Gasteiger partial charge in [-0.05, 0) is 76.2 Å². The molecule has 0 N–H and O–H groups in total. The lowest BCUT2D eigenvalue weighted by atomic mass is 9.95. The molecule has 2 heterocycles. The van der Waals surface area contributed by atoms with Crippen LogP contribution in [0.2, 0.25) is 0 Å². The number of anilines is 3. The number of furan rings is 2. The predicted octanol–water partition coefficient (Wildman–Crippen LogP) is 13.4. The maximum absolute atomic E-state index is 6.76. The molecule has 0 spiro atoms. The number of rotatable bonds is 5. The molecule has 0 unspecified atom stereocenters. The van der Waals surface area contributed by atoms with Crippen molar-refractivity contribution in [3.05, 3.63) is 176 Å². The van der Waals surface area contributed by atoms with E-state index in [1.54, 1.807) is 0 Å². The lowest BCUT2D eigenvalue weighted by Gasteiger charge is -2.26. The van der Waals surface area contributed by atoms with E-state index in [2.05, 4.69) is 169 Å². The van der Waals surface area contributed by atoms with E-state index in [1.165, 1.54) is 27.6 Å². The number of benzene rings is 8. The third kappa shape index (κ3) is 4.44. The van der Waals surface area contributed by atoms with Gasteiger partial charge in [-0.2, -0.15) is 0 Å². The number of hydrogen-bond acceptors (Lipinski definition) is 3. The van der Waals surface area contributed by atoms with Gasteiger partial charge in [0.05, 0.1) is 11.1 Å². The van der Waals surface area contributed by atoms with Crippen LogP contribution in [0.25, 0.3) is 76.9 Å². The molecule has 0 aliphatic heterocycles. The zero-order valence-corrected chi connectivity index (χ0v) is 26.5. The summed E-state index contributed by atoms with van der Waals surface area (Å²) in [5.74, 6) is 0. The van der Waals surface area contributed by atoms with Crippen LogP contribution < -0.4 is 4.90 Å². The fraction of sp³-hybridized carbons (Fsp3) is 0. The zero-order valence-electron chi connectivity index (χ0n) is 26.5. The van der Waals surface area contributed by atoms with Crippen LogP contribution in [0.4, 0.5) is 17.1 Å². The van der Waals surface area contributed by atoms with Crippen molar-refractivity contribution in [2.24, 2.45) is 0 Å². The molecule has 3 nitrogen and oxygen atoms in total. The molecular weight excluding hydrogens is 599 g/mol. The van der Waals surface area contributed by atoms with Crippen molar-refractivity contribution in [2.45, 2.75) is 0 Å². The van der Waals surface area contributed by atoms with E-state index in [9.17, 15) is 0 Å². The van der Waals surface area contributed by atoms with Crippen molar-refractivity contribution in [3.63, 3.8) is 0 Å². The minimum atomic E-state index is 0.846. The van der Waals surface area contributed by atoms with E-state index in [0.29, 0.717) is 0 Å². The highest BCUT2D eigenvalue weighted by molar-refractivity contribution is 6.22. The van der Waals surface area contributed by atoms with E-state index >= 15 is 0 Å². The Labute approximate surface area is 282 Å². The summed E-state index contributed by atoms with van der Waals surface area (Å²) in [6.45, 7) is 0. The summed E-state index contributed by atoms with van der Waals surface area (Å²) in [4.78, 5) is 2.33. The lowest BCUT2D eigenvalue weighted by Crippen LogP contribution is -2.10. The maximum Gasteiger partial charge on any atom is 0.143 e. The second-order valence-corrected chi connectivity index (χ2v) is 12.5. The Bertz CT molecular complexity index is 2810. The van der Waals surface area contributed by atoms with E-state index in [-0.39, 0.29) is 0 Å². The van der Waals surface area contributed by atoms with Crippen LogP contribution in [0.1, 0.15) is 0 Å². The van der Waals surface area contributed by atoms with Gasteiger partial charge in [0.1, 0.15) is 22.3 Å². The molecule has 10 aromatic rings. The molecule has 49 heavy (non-hydrogen) atoms. The van der Waals surface area contributed by atoms with Gasteiger partial charge in [-0.3, -0.25) is 0 Å². The Kier molecular flexibility index (Phi) is 6.18. The molecule has 0 aliphatic rings. The van der Waals surface area contributed by atoms with Gasteiger partial charge in [0.25, 0.3) is 0 Å². The van der Waals surface area contributed by atoms with Gasteiger partial charge in [0.15, 0.2) is 0 Å². The molecule has 0 amide bonds. The molecule has 0 saturated carbocycles. The third-order valence-electron chi connectivity index (χ3n) is 9.66. The number of fused-ring (bicyclic) bond motifs is 8. The number of hydrogen-bond donors (Lipinski definition) is 0. The SMILES string of the molecule is c1ccc(-c2ccc(N(c3ccc4c(c3)oc3ccccc34)c3cccc4oc5c6ccccc6c(-c6ccccc6)cc5c34)cc2)cc1. The van der Waals surface area contributed by atoms with Crippen molar-refractivity contribution < 1.29 is 8.83 Å². The molecular formula is C46H29NO2. The Morgan fingerprint density at radius 3 is 1.76 bits per heavy atom. The molecule has 3 heteroatoms. The molecule has 0 atom stereocenters. The molecule has 2 aromatic heterocycles. The minimum absolute atomic E-state index is 0.846. The van der Waals surface area contributed by atoms with Gasteiger partial charge in [-0.15, -0.1) is 0 Å². The number of nitrogens with zero attached hydrogens (tertiary/aromatic N) is 1. The standard InChI is InChI=1S/C46H29NO2/c1-3-12-30(13-4-1)31-22-24-33(25-23-31)47(34-26-27-37-36-17-9-10-20-42(36)48-44(37)28-34)41-19-11-21-43-45(41)40-29-39(32-14-5-2-6-15-32)35-16-7-8-18-38(35)46(40)49-43/h1-29H. The van der Waals surface area contributed by atoms with Crippen LogP contribution in [0.5, 0.6) is 0 Å². The smallest absolute Gasteiger partial charge is 0.143 e. The average molecular weight is 628 g/mol. The lowest BCUT2D eigenvalue weighted by molar-refractivity contribution is 0.669. The molecule has 230 valence electrons. The Hall–Kier alpha value is -6.58. The summed E-state index contributed by atoms with van der Waals surface area (Å²) in [6, 6.07) is 61.9. The minimum Gasteiger partial charge on any atom is -0.456 e. The summed E-state index contributed by atoms with van der Waals surface area (Å²) in [5.41, 5.74) is 11.3. The topological polar surface area (TPSA) is 29.5 Å². The Morgan fingerprint density at radius 2 is 0.959 bits per heavy atom. The summed E-state index contributed by atoms with van der Waals surface area (Å²) >= 11 is 0. The van der Waals surface area contributed by atoms with Crippen molar-refractivity contribution in [1.82, 2.24) is 0 Å². The van der Waals surface area contributed by atoms with Gasteiger partial charge in [0, 0.05) is 39.0 Å². The Balaban J connectivity index is 1.25. The highest BCUT2D eigenvalue weighted by Crippen LogP contribution is 2.47. The highest BCUT2D eigenvalue weighted by atomic mass is 16.3. The molecule has 0 fully saturated rings. The zero-order chi connectivity index (χ0) is 32.3. The predicted molar refractivity (Wildman–Crippen MR) is 204 cm³/mol.